The molecular weight excluding hydrogens is 463 g/mol. The van der Waals surface area contributed by atoms with Gasteiger partial charge in [0.1, 0.15) is 11.6 Å². The molecule has 1 aliphatic heterocycles. The van der Waals surface area contributed by atoms with E-state index >= 15 is 0 Å². The van der Waals surface area contributed by atoms with Gasteiger partial charge < -0.3 is 25.7 Å². The number of piperidine rings is 1. The molecule has 0 saturated carbocycles. The number of hydrogen-bond donors (Lipinski definition) is 2. The van der Waals surface area contributed by atoms with E-state index in [-0.39, 0.29) is 36.1 Å². The van der Waals surface area contributed by atoms with Crippen LogP contribution < -0.4 is 26.7 Å². The molecule has 1 amide bonds. The summed E-state index contributed by atoms with van der Waals surface area (Å²) in [6.45, 7) is 8.28. The maximum Gasteiger partial charge on any atom is 0.294 e. The zero-order chi connectivity index (χ0) is 25.8. The highest BCUT2D eigenvalue weighted by atomic mass is 19.1. The molecule has 0 atom stereocenters. The Morgan fingerprint density at radius 2 is 1.86 bits per heavy atom. The van der Waals surface area contributed by atoms with Crippen molar-refractivity contribution in [3.05, 3.63) is 70.1 Å². The average Bonchev–Trinajstić information content (AvgIpc) is 2.88. The predicted molar refractivity (Wildman–Crippen MR) is 135 cm³/mol. The Balaban J connectivity index is 2.00. The smallest absolute Gasteiger partial charge is 0.294 e. The molecule has 4 N–H and O–H groups in total. The molecule has 186 valence electrons. The summed E-state index contributed by atoms with van der Waals surface area (Å²) in [6, 6.07) is 11.3. The van der Waals surface area contributed by atoms with Gasteiger partial charge in [0.2, 0.25) is 11.6 Å². The third-order valence-corrected chi connectivity index (χ3v) is 6.27. The Morgan fingerprint density at radius 3 is 2.44 bits per heavy atom. The monoisotopic (exact) mass is 490 g/mol. The van der Waals surface area contributed by atoms with E-state index in [2.05, 4.69) is 4.85 Å². The zero-order valence-corrected chi connectivity index (χ0v) is 19.9. The van der Waals surface area contributed by atoms with Crippen LogP contribution >= 0.6 is 0 Å². The van der Waals surface area contributed by atoms with Crippen molar-refractivity contribution in [2.45, 2.75) is 31.8 Å². The summed E-state index contributed by atoms with van der Waals surface area (Å²) in [7, 11) is 1.55. The second kappa shape index (κ2) is 10.6. The van der Waals surface area contributed by atoms with Crippen molar-refractivity contribution in [2.24, 2.45) is 11.5 Å². The number of nitrogens with two attached hydrogens (primary N) is 2. The Morgan fingerprint density at radius 1 is 1.19 bits per heavy atom. The molecule has 3 aromatic rings. The van der Waals surface area contributed by atoms with Crippen molar-refractivity contribution in [3.8, 4) is 28.3 Å². The van der Waals surface area contributed by atoms with Crippen LogP contribution in [0.5, 0.6) is 5.75 Å². The first-order valence-corrected chi connectivity index (χ1v) is 11.6. The first-order valence-electron chi connectivity index (χ1n) is 11.6. The highest BCUT2D eigenvalue weighted by Gasteiger charge is 2.26. The van der Waals surface area contributed by atoms with E-state index in [0.717, 1.165) is 0 Å². The molecule has 1 fully saturated rings. The van der Waals surface area contributed by atoms with Crippen LogP contribution in [0, 0.1) is 12.4 Å². The van der Waals surface area contributed by atoms with Crippen LogP contribution in [-0.2, 0) is 11.3 Å². The van der Waals surface area contributed by atoms with Gasteiger partial charge in [0.05, 0.1) is 25.1 Å². The number of rotatable bonds is 7. The lowest BCUT2D eigenvalue weighted by Crippen LogP contribution is -2.43. The van der Waals surface area contributed by atoms with Crippen molar-refractivity contribution in [2.75, 3.05) is 25.1 Å². The fourth-order valence-electron chi connectivity index (χ4n) is 4.30. The topological polar surface area (TPSA) is 121 Å². The summed E-state index contributed by atoms with van der Waals surface area (Å²) in [5.41, 5.74) is 12.8. The van der Waals surface area contributed by atoms with E-state index in [1.807, 2.05) is 4.90 Å². The van der Waals surface area contributed by atoms with E-state index < -0.39 is 11.7 Å². The molecule has 0 spiro atoms. The van der Waals surface area contributed by atoms with Gasteiger partial charge in [0.25, 0.3) is 5.56 Å². The lowest BCUT2D eigenvalue weighted by atomic mass is 10.0. The van der Waals surface area contributed by atoms with Crippen LogP contribution in [0.4, 0.5) is 15.9 Å². The molecule has 0 unspecified atom stereocenters. The second-order valence-electron chi connectivity index (χ2n) is 8.64. The Hall–Kier alpha value is -4.23. The van der Waals surface area contributed by atoms with Crippen LogP contribution in [0.3, 0.4) is 0 Å². The quantitative estimate of drug-likeness (QED) is 0.491. The van der Waals surface area contributed by atoms with Gasteiger partial charge in [-0.25, -0.2) is 14.2 Å². The van der Waals surface area contributed by atoms with Gasteiger partial charge in [0, 0.05) is 43.2 Å². The number of halogens is 1. The van der Waals surface area contributed by atoms with E-state index in [9.17, 15) is 14.0 Å². The first-order chi connectivity index (χ1) is 17.3. The van der Waals surface area contributed by atoms with E-state index in [0.29, 0.717) is 54.2 Å². The number of ether oxygens (including phenoxy) is 1. The molecule has 1 aromatic heterocycles. The van der Waals surface area contributed by atoms with Crippen molar-refractivity contribution in [1.82, 2.24) is 9.55 Å². The van der Waals surface area contributed by atoms with Gasteiger partial charge in [-0.1, -0.05) is 12.1 Å². The molecule has 9 nitrogen and oxygen atoms in total. The number of primary amides is 1. The highest BCUT2D eigenvalue weighted by Crippen LogP contribution is 2.34. The van der Waals surface area contributed by atoms with Gasteiger partial charge >= 0.3 is 0 Å². The Bertz CT molecular complexity index is 1370. The van der Waals surface area contributed by atoms with Crippen molar-refractivity contribution < 1.29 is 13.9 Å². The molecule has 0 aliphatic carbocycles. The molecule has 10 heteroatoms. The highest BCUT2D eigenvalue weighted by molar-refractivity contribution is 5.81. The van der Waals surface area contributed by atoms with Crippen molar-refractivity contribution in [3.63, 3.8) is 0 Å². The average molecular weight is 491 g/mol. The molecule has 1 saturated heterocycles. The van der Waals surface area contributed by atoms with Gasteiger partial charge in [-0.2, -0.15) is 0 Å². The molecule has 1 aliphatic rings. The minimum absolute atomic E-state index is 0.0218. The largest absolute Gasteiger partial charge is 0.497 e. The lowest BCUT2D eigenvalue weighted by Gasteiger charge is -2.31. The van der Waals surface area contributed by atoms with Gasteiger partial charge in [-0.15, -0.1) is 0 Å². The zero-order valence-electron chi connectivity index (χ0n) is 19.9. The van der Waals surface area contributed by atoms with Gasteiger partial charge in [0.15, 0.2) is 5.82 Å². The maximum absolute atomic E-state index is 14.7. The van der Waals surface area contributed by atoms with Gasteiger partial charge in [-0.3, -0.25) is 9.59 Å². The second-order valence-corrected chi connectivity index (χ2v) is 8.64. The van der Waals surface area contributed by atoms with Crippen LogP contribution in [0.2, 0.25) is 0 Å². The van der Waals surface area contributed by atoms with E-state index in [1.54, 1.807) is 37.4 Å². The van der Waals surface area contributed by atoms with E-state index in [1.165, 1.54) is 16.7 Å². The summed E-state index contributed by atoms with van der Waals surface area (Å²) in [5.74, 6) is -0.425. The first kappa shape index (κ1) is 24.9. The van der Waals surface area contributed by atoms with Crippen LogP contribution in [0.25, 0.3) is 27.4 Å². The van der Waals surface area contributed by atoms with Crippen molar-refractivity contribution in [1.29, 1.82) is 0 Å². The summed E-state index contributed by atoms with van der Waals surface area (Å²) < 4.78 is 21.4. The summed E-state index contributed by atoms with van der Waals surface area (Å²) in [4.78, 5) is 35.3. The number of amides is 1. The number of nitrogens with zero attached hydrogens (tertiary/aromatic N) is 4. The number of benzene rings is 2. The number of carbonyl (C=O) groups excluding carboxylic acids is 1. The molecule has 0 radical (unpaired) electrons. The molecular formula is C26H27FN6O3. The van der Waals surface area contributed by atoms with Crippen LogP contribution in [-0.4, -0.2) is 41.7 Å². The fourth-order valence-corrected chi connectivity index (χ4v) is 4.30. The predicted octanol–water partition coefficient (Wildman–Crippen LogP) is 3.08. The van der Waals surface area contributed by atoms with Gasteiger partial charge in [-0.05, 0) is 43.2 Å². The summed E-state index contributed by atoms with van der Waals surface area (Å²) in [6.07, 6.45) is 1.33. The van der Waals surface area contributed by atoms with Crippen LogP contribution in [0.1, 0.15) is 19.3 Å². The van der Waals surface area contributed by atoms with Crippen molar-refractivity contribution >= 4 is 17.4 Å². The summed E-state index contributed by atoms with van der Waals surface area (Å²) >= 11 is 0. The summed E-state index contributed by atoms with van der Waals surface area (Å²) in [5, 5.41) is 0. The number of aromatic nitrogens is 2. The lowest BCUT2D eigenvalue weighted by molar-refractivity contribution is -0.118. The minimum Gasteiger partial charge on any atom is -0.497 e. The molecule has 36 heavy (non-hydrogen) atoms. The Labute approximate surface area is 207 Å². The van der Waals surface area contributed by atoms with Crippen LogP contribution in [0.15, 0.2) is 47.3 Å². The number of methoxy groups -OCH3 is 1. The maximum atomic E-state index is 14.7. The molecule has 2 aromatic carbocycles. The Kier molecular flexibility index (Phi) is 7.31. The van der Waals surface area contributed by atoms with E-state index in [4.69, 9.17) is 27.8 Å². The third kappa shape index (κ3) is 5.06. The number of hydrogen-bond acceptors (Lipinski definition) is 6. The molecule has 2 heterocycles. The minimum atomic E-state index is -0.689. The SMILES string of the molecule is [C-]#[N+]c1ccc(-c2nc(N3CCC(N)CC3)c(=O)n(CCC(N)=O)c2-c2ccc(OC)cc2)cc1F. The normalized spacial score (nSPS) is 13.9. The standard InChI is InChI=1S/C26H27FN6O3/c1-30-21-8-5-17(15-20(21)27)23-24(16-3-6-19(36-2)7-4-16)33(14-11-22(29)34)26(35)25(31-23)32-12-9-18(28)10-13-32/h3-8,15,18H,9-14,28H2,2H3,(H2,29,34). The number of carbonyl (C=O) groups is 1. The molecule has 0 bridgehead atoms. The molecule has 4 rings (SSSR count). The number of anilines is 1. The fraction of sp³-hybridized carbons (Fsp3) is 0.308. The third-order valence-electron chi connectivity index (χ3n) is 6.27.